The number of rotatable bonds is 4. The predicted molar refractivity (Wildman–Crippen MR) is 70.3 cm³/mol. The summed E-state index contributed by atoms with van der Waals surface area (Å²) in [5.74, 6) is 0.105. The Bertz CT molecular complexity index is 431. The van der Waals surface area contributed by atoms with Crippen LogP contribution in [0.1, 0.15) is 26.2 Å². The number of para-hydroxylation sites is 1. The molecule has 1 heterocycles. The van der Waals surface area contributed by atoms with E-state index >= 15 is 0 Å². The van der Waals surface area contributed by atoms with Gasteiger partial charge in [0.25, 0.3) is 0 Å². The second-order valence-electron chi connectivity index (χ2n) is 4.56. The van der Waals surface area contributed by atoms with Crippen molar-refractivity contribution in [1.82, 2.24) is 5.32 Å². The van der Waals surface area contributed by atoms with Crippen molar-refractivity contribution < 1.29 is 9.59 Å². The van der Waals surface area contributed by atoms with Crippen molar-refractivity contribution in [1.29, 1.82) is 0 Å². The molecule has 96 valence electrons. The van der Waals surface area contributed by atoms with E-state index in [1.165, 1.54) is 0 Å². The standard InChI is InChI=1S/C14H18N2O2/c1-2-6-13(17)15-11-9-14(18)16(10-11)12-7-4-3-5-8-12/h3-5,7-8,11H,2,6,9-10H2,1H3,(H,15,17). The maximum absolute atomic E-state index is 11.9. The molecule has 18 heavy (non-hydrogen) atoms. The fourth-order valence-corrected chi connectivity index (χ4v) is 2.19. The number of nitrogens with zero attached hydrogens (tertiary/aromatic N) is 1. The highest BCUT2D eigenvalue weighted by molar-refractivity contribution is 5.96. The van der Waals surface area contributed by atoms with Crippen LogP contribution in [0, 0.1) is 0 Å². The minimum Gasteiger partial charge on any atom is -0.351 e. The van der Waals surface area contributed by atoms with Gasteiger partial charge in [-0.2, -0.15) is 0 Å². The molecular formula is C14H18N2O2. The summed E-state index contributed by atoms with van der Waals surface area (Å²) in [5, 5.41) is 2.91. The molecule has 1 aliphatic heterocycles. The summed E-state index contributed by atoms with van der Waals surface area (Å²) in [6, 6.07) is 9.50. The first-order valence-electron chi connectivity index (χ1n) is 6.35. The van der Waals surface area contributed by atoms with Crippen LogP contribution in [0.4, 0.5) is 5.69 Å². The lowest BCUT2D eigenvalue weighted by Crippen LogP contribution is -2.36. The van der Waals surface area contributed by atoms with Crippen molar-refractivity contribution in [3.05, 3.63) is 30.3 Å². The van der Waals surface area contributed by atoms with Gasteiger partial charge in [-0.1, -0.05) is 25.1 Å². The summed E-state index contributed by atoms with van der Waals surface area (Å²) >= 11 is 0. The fourth-order valence-electron chi connectivity index (χ4n) is 2.19. The van der Waals surface area contributed by atoms with Crippen LogP contribution in [0.2, 0.25) is 0 Å². The summed E-state index contributed by atoms with van der Waals surface area (Å²) in [6.45, 7) is 2.54. The monoisotopic (exact) mass is 246 g/mol. The summed E-state index contributed by atoms with van der Waals surface area (Å²) in [7, 11) is 0. The lowest BCUT2D eigenvalue weighted by Gasteiger charge is -2.17. The van der Waals surface area contributed by atoms with Gasteiger partial charge in [0.1, 0.15) is 0 Å². The zero-order valence-corrected chi connectivity index (χ0v) is 10.6. The van der Waals surface area contributed by atoms with Crippen molar-refractivity contribution in [3.63, 3.8) is 0 Å². The van der Waals surface area contributed by atoms with Gasteiger partial charge in [-0.15, -0.1) is 0 Å². The molecule has 0 aromatic heterocycles. The first kappa shape index (κ1) is 12.6. The van der Waals surface area contributed by atoms with E-state index in [9.17, 15) is 9.59 Å². The second-order valence-corrected chi connectivity index (χ2v) is 4.56. The Morgan fingerprint density at radius 2 is 2.11 bits per heavy atom. The van der Waals surface area contributed by atoms with Crippen LogP contribution >= 0.6 is 0 Å². The summed E-state index contributed by atoms with van der Waals surface area (Å²) in [6.07, 6.45) is 1.75. The third-order valence-corrected chi connectivity index (χ3v) is 3.04. The van der Waals surface area contributed by atoms with Crippen LogP contribution in [0.3, 0.4) is 0 Å². The van der Waals surface area contributed by atoms with Crippen molar-refractivity contribution in [2.24, 2.45) is 0 Å². The van der Waals surface area contributed by atoms with Crippen LogP contribution in [-0.4, -0.2) is 24.4 Å². The molecular weight excluding hydrogens is 228 g/mol. The van der Waals surface area contributed by atoms with Gasteiger partial charge in [0, 0.05) is 25.1 Å². The SMILES string of the molecule is CCCC(=O)NC1CC(=O)N(c2ccccc2)C1. The lowest BCUT2D eigenvalue weighted by molar-refractivity contribution is -0.121. The fraction of sp³-hybridized carbons (Fsp3) is 0.429. The van der Waals surface area contributed by atoms with Crippen molar-refractivity contribution in [3.8, 4) is 0 Å². The molecule has 2 amide bonds. The van der Waals surface area contributed by atoms with Crippen LogP contribution in [-0.2, 0) is 9.59 Å². The first-order chi connectivity index (χ1) is 8.70. The van der Waals surface area contributed by atoms with E-state index in [-0.39, 0.29) is 17.9 Å². The minimum absolute atomic E-state index is 0.0326. The smallest absolute Gasteiger partial charge is 0.229 e. The van der Waals surface area contributed by atoms with E-state index in [1.807, 2.05) is 37.3 Å². The molecule has 1 N–H and O–H groups in total. The van der Waals surface area contributed by atoms with E-state index in [1.54, 1.807) is 4.90 Å². The Hall–Kier alpha value is -1.84. The lowest BCUT2D eigenvalue weighted by atomic mass is 10.2. The van der Waals surface area contributed by atoms with Gasteiger partial charge in [0.05, 0.1) is 6.04 Å². The molecule has 4 heteroatoms. The number of nitrogens with one attached hydrogen (secondary N) is 1. The Kier molecular flexibility index (Phi) is 3.97. The number of carbonyl (C=O) groups is 2. The molecule has 0 spiro atoms. The average Bonchev–Trinajstić information content (AvgIpc) is 2.71. The van der Waals surface area contributed by atoms with Gasteiger partial charge in [-0.3, -0.25) is 9.59 Å². The van der Waals surface area contributed by atoms with Gasteiger partial charge in [-0.05, 0) is 18.6 Å². The highest BCUT2D eigenvalue weighted by atomic mass is 16.2. The Morgan fingerprint density at radius 3 is 2.78 bits per heavy atom. The summed E-state index contributed by atoms with van der Waals surface area (Å²) < 4.78 is 0. The Balaban J connectivity index is 1.97. The molecule has 1 aromatic carbocycles. The van der Waals surface area contributed by atoms with Crippen LogP contribution in [0.15, 0.2) is 30.3 Å². The third-order valence-electron chi connectivity index (χ3n) is 3.04. The minimum atomic E-state index is -0.0586. The number of amides is 2. The molecule has 0 radical (unpaired) electrons. The third kappa shape index (κ3) is 2.88. The number of hydrogen-bond donors (Lipinski definition) is 1. The van der Waals surface area contributed by atoms with Crippen molar-refractivity contribution in [2.45, 2.75) is 32.2 Å². The molecule has 0 aliphatic carbocycles. The van der Waals surface area contributed by atoms with E-state index in [4.69, 9.17) is 0 Å². The van der Waals surface area contributed by atoms with Gasteiger partial charge in [0.15, 0.2) is 0 Å². The molecule has 1 atom stereocenters. The van der Waals surface area contributed by atoms with Gasteiger partial charge in [0.2, 0.25) is 11.8 Å². The zero-order chi connectivity index (χ0) is 13.0. The molecule has 1 aromatic rings. The molecule has 4 nitrogen and oxygen atoms in total. The number of carbonyl (C=O) groups excluding carboxylic acids is 2. The van der Waals surface area contributed by atoms with Crippen LogP contribution in [0.25, 0.3) is 0 Å². The maximum atomic E-state index is 11.9. The first-order valence-corrected chi connectivity index (χ1v) is 6.35. The van der Waals surface area contributed by atoms with Gasteiger partial charge < -0.3 is 10.2 Å². The molecule has 1 saturated heterocycles. The van der Waals surface area contributed by atoms with E-state index in [2.05, 4.69) is 5.32 Å². The zero-order valence-electron chi connectivity index (χ0n) is 10.6. The van der Waals surface area contributed by atoms with Crippen LogP contribution in [0.5, 0.6) is 0 Å². The van der Waals surface area contributed by atoms with Crippen molar-refractivity contribution in [2.75, 3.05) is 11.4 Å². The largest absolute Gasteiger partial charge is 0.351 e. The normalized spacial score (nSPS) is 19.1. The quantitative estimate of drug-likeness (QED) is 0.879. The number of hydrogen-bond acceptors (Lipinski definition) is 2. The Labute approximate surface area is 107 Å². The predicted octanol–water partition coefficient (Wildman–Crippen LogP) is 1.71. The highest BCUT2D eigenvalue weighted by Gasteiger charge is 2.31. The second kappa shape index (κ2) is 5.67. The highest BCUT2D eigenvalue weighted by Crippen LogP contribution is 2.20. The molecule has 1 aliphatic rings. The topological polar surface area (TPSA) is 49.4 Å². The van der Waals surface area contributed by atoms with Gasteiger partial charge >= 0.3 is 0 Å². The van der Waals surface area contributed by atoms with Crippen LogP contribution < -0.4 is 10.2 Å². The van der Waals surface area contributed by atoms with Crippen molar-refractivity contribution >= 4 is 17.5 Å². The van der Waals surface area contributed by atoms with E-state index < -0.39 is 0 Å². The molecule has 2 rings (SSSR count). The van der Waals surface area contributed by atoms with E-state index in [0.29, 0.717) is 19.4 Å². The Morgan fingerprint density at radius 1 is 1.39 bits per heavy atom. The molecule has 1 fully saturated rings. The molecule has 1 unspecified atom stereocenters. The van der Waals surface area contributed by atoms with Gasteiger partial charge in [-0.25, -0.2) is 0 Å². The maximum Gasteiger partial charge on any atom is 0.229 e. The van der Waals surface area contributed by atoms with E-state index in [0.717, 1.165) is 12.1 Å². The number of benzene rings is 1. The average molecular weight is 246 g/mol. The summed E-state index contributed by atoms with van der Waals surface area (Å²) in [4.78, 5) is 25.1. The number of anilines is 1. The summed E-state index contributed by atoms with van der Waals surface area (Å²) in [5.41, 5.74) is 0.898. The molecule has 0 bridgehead atoms. The molecule has 0 saturated carbocycles.